The standard InChI is InChI=1S/C17H16N2O2S/c1-12-7-9-14(10-8-12)16(22)19-17(21)18-15(20)11-13-5-3-2-4-6-13/h2-10H,11H2,1H3,(H2,18,19,20,21,22). The first-order chi connectivity index (χ1) is 10.5. The number of carbonyl (C=O) groups excluding carboxylic acids is 2. The number of amides is 3. The Morgan fingerprint density at radius 2 is 1.59 bits per heavy atom. The molecule has 0 aromatic heterocycles. The summed E-state index contributed by atoms with van der Waals surface area (Å²) in [5.74, 6) is -0.379. The van der Waals surface area contributed by atoms with Crippen molar-refractivity contribution in [1.82, 2.24) is 10.6 Å². The highest BCUT2D eigenvalue weighted by molar-refractivity contribution is 7.80. The van der Waals surface area contributed by atoms with Gasteiger partial charge in [-0.15, -0.1) is 0 Å². The molecule has 0 saturated heterocycles. The molecule has 22 heavy (non-hydrogen) atoms. The number of nitrogens with one attached hydrogen (secondary N) is 2. The first-order valence-corrected chi connectivity index (χ1v) is 7.21. The number of thiocarbonyl (C=S) groups is 1. The largest absolute Gasteiger partial charge is 0.326 e. The first kappa shape index (κ1) is 15.9. The van der Waals surface area contributed by atoms with Crippen LogP contribution in [0.2, 0.25) is 0 Å². The van der Waals surface area contributed by atoms with Gasteiger partial charge in [0.15, 0.2) is 0 Å². The number of hydrogen-bond donors (Lipinski definition) is 2. The third kappa shape index (κ3) is 4.79. The lowest BCUT2D eigenvalue weighted by molar-refractivity contribution is -0.119. The molecule has 0 aliphatic carbocycles. The lowest BCUT2D eigenvalue weighted by atomic mass is 10.1. The van der Waals surface area contributed by atoms with Crippen molar-refractivity contribution < 1.29 is 9.59 Å². The Balaban J connectivity index is 1.86. The van der Waals surface area contributed by atoms with Crippen molar-refractivity contribution in [2.45, 2.75) is 13.3 Å². The van der Waals surface area contributed by atoms with Crippen molar-refractivity contribution in [3.63, 3.8) is 0 Å². The lowest BCUT2D eigenvalue weighted by Gasteiger charge is -2.08. The molecule has 2 aromatic rings. The van der Waals surface area contributed by atoms with Gasteiger partial charge in [-0.1, -0.05) is 72.4 Å². The van der Waals surface area contributed by atoms with Crippen LogP contribution in [0.3, 0.4) is 0 Å². The van der Waals surface area contributed by atoms with Crippen LogP contribution < -0.4 is 10.6 Å². The molecule has 0 saturated carbocycles. The number of urea groups is 1. The number of imide groups is 1. The maximum atomic E-state index is 11.8. The number of rotatable bonds is 3. The zero-order valence-electron chi connectivity index (χ0n) is 12.1. The number of carbonyl (C=O) groups is 2. The molecule has 4 nitrogen and oxygen atoms in total. The maximum Gasteiger partial charge on any atom is 0.326 e. The van der Waals surface area contributed by atoms with Gasteiger partial charge in [0.2, 0.25) is 5.91 Å². The number of aryl methyl sites for hydroxylation is 1. The first-order valence-electron chi connectivity index (χ1n) is 6.80. The summed E-state index contributed by atoms with van der Waals surface area (Å²) >= 11 is 5.14. The molecule has 2 rings (SSSR count). The predicted octanol–water partition coefficient (Wildman–Crippen LogP) is 2.74. The van der Waals surface area contributed by atoms with E-state index in [0.29, 0.717) is 0 Å². The van der Waals surface area contributed by atoms with Crippen LogP contribution in [0.15, 0.2) is 54.6 Å². The van der Waals surface area contributed by atoms with Crippen LogP contribution in [0.4, 0.5) is 4.79 Å². The number of hydrogen-bond acceptors (Lipinski definition) is 3. The molecule has 2 N–H and O–H groups in total. The van der Waals surface area contributed by atoms with Crippen molar-refractivity contribution in [1.29, 1.82) is 0 Å². The third-order valence-corrected chi connectivity index (χ3v) is 3.34. The Hall–Kier alpha value is -2.53. The molecular formula is C17H16N2O2S. The summed E-state index contributed by atoms with van der Waals surface area (Å²) in [6.07, 6.45) is 0.144. The molecule has 0 radical (unpaired) electrons. The zero-order valence-corrected chi connectivity index (χ0v) is 12.9. The van der Waals surface area contributed by atoms with Gasteiger partial charge in [-0.3, -0.25) is 15.4 Å². The fourth-order valence-electron chi connectivity index (χ4n) is 1.86. The van der Waals surface area contributed by atoms with Crippen LogP contribution in [0.5, 0.6) is 0 Å². The molecule has 2 aromatic carbocycles. The van der Waals surface area contributed by atoms with Crippen molar-refractivity contribution in [3.8, 4) is 0 Å². The smallest absolute Gasteiger partial charge is 0.298 e. The monoisotopic (exact) mass is 312 g/mol. The minimum absolute atomic E-state index is 0.144. The Labute approximate surface area is 134 Å². The van der Waals surface area contributed by atoms with E-state index in [4.69, 9.17) is 12.2 Å². The molecule has 0 atom stereocenters. The van der Waals surface area contributed by atoms with E-state index in [-0.39, 0.29) is 17.3 Å². The van der Waals surface area contributed by atoms with E-state index in [0.717, 1.165) is 16.7 Å². The second-order valence-electron chi connectivity index (χ2n) is 4.86. The Morgan fingerprint density at radius 3 is 2.23 bits per heavy atom. The van der Waals surface area contributed by atoms with E-state index >= 15 is 0 Å². The van der Waals surface area contributed by atoms with E-state index in [9.17, 15) is 9.59 Å². The average molecular weight is 312 g/mol. The molecule has 0 unspecified atom stereocenters. The van der Waals surface area contributed by atoms with Gasteiger partial charge in [0.1, 0.15) is 4.99 Å². The molecule has 0 heterocycles. The van der Waals surface area contributed by atoms with Gasteiger partial charge in [0, 0.05) is 5.56 Å². The van der Waals surface area contributed by atoms with Gasteiger partial charge >= 0.3 is 6.03 Å². The number of benzene rings is 2. The van der Waals surface area contributed by atoms with E-state index in [1.165, 1.54) is 0 Å². The minimum atomic E-state index is -0.619. The van der Waals surface area contributed by atoms with E-state index in [1.807, 2.05) is 61.5 Å². The molecule has 0 fully saturated rings. The normalized spacial score (nSPS) is 9.86. The lowest BCUT2D eigenvalue weighted by Crippen LogP contribution is -2.42. The Morgan fingerprint density at radius 1 is 0.955 bits per heavy atom. The average Bonchev–Trinajstić information content (AvgIpc) is 2.48. The van der Waals surface area contributed by atoms with Crippen molar-refractivity contribution in [3.05, 3.63) is 71.3 Å². The van der Waals surface area contributed by atoms with Crippen LogP contribution in [0.25, 0.3) is 0 Å². The van der Waals surface area contributed by atoms with Crippen LogP contribution in [-0.2, 0) is 11.2 Å². The van der Waals surface area contributed by atoms with Crippen LogP contribution >= 0.6 is 12.2 Å². The van der Waals surface area contributed by atoms with Gasteiger partial charge in [-0.25, -0.2) is 4.79 Å². The van der Waals surface area contributed by atoms with Gasteiger partial charge in [-0.2, -0.15) is 0 Å². The summed E-state index contributed by atoms with van der Waals surface area (Å²) in [6.45, 7) is 1.97. The highest BCUT2D eigenvalue weighted by atomic mass is 32.1. The summed E-state index contributed by atoms with van der Waals surface area (Å²) in [5.41, 5.74) is 2.68. The predicted molar refractivity (Wildman–Crippen MR) is 89.7 cm³/mol. The fourth-order valence-corrected chi connectivity index (χ4v) is 2.09. The summed E-state index contributed by atoms with van der Waals surface area (Å²) in [7, 11) is 0. The zero-order chi connectivity index (χ0) is 15.9. The van der Waals surface area contributed by atoms with Crippen LogP contribution in [0, 0.1) is 6.92 Å². The van der Waals surface area contributed by atoms with Crippen molar-refractivity contribution in [2.24, 2.45) is 0 Å². The van der Waals surface area contributed by atoms with Gasteiger partial charge in [0.05, 0.1) is 6.42 Å². The third-order valence-electron chi connectivity index (χ3n) is 3.00. The second kappa shape index (κ2) is 7.47. The molecule has 3 amide bonds. The molecular weight excluding hydrogens is 296 g/mol. The SMILES string of the molecule is Cc1ccc(C(=S)NC(=O)NC(=O)Cc2ccccc2)cc1. The van der Waals surface area contributed by atoms with Crippen LogP contribution in [0.1, 0.15) is 16.7 Å². The summed E-state index contributed by atoms with van der Waals surface area (Å²) < 4.78 is 0. The van der Waals surface area contributed by atoms with E-state index < -0.39 is 6.03 Å². The highest BCUT2D eigenvalue weighted by Crippen LogP contribution is 2.03. The Kier molecular flexibility index (Phi) is 5.38. The van der Waals surface area contributed by atoms with E-state index in [1.54, 1.807) is 0 Å². The quantitative estimate of drug-likeness (QED) is 0.857. The minimum Gasteiger partial charge on any atom is -0.298 e. The second-order valence-corrected chi connectivity index (χ2v) is 5.27. The Bertz CT molecular complexity index is 682. The summed E-state index contributed by atoms with van der Waals surface area (Å²) in [5, 5.41) is 4.76. The highest BCUT2D eigenvalue weighted by Gasteiger charge is 2.10. The van der Waals surface area contributed by atoms with Crippen LogP contribution in [-0.4, -0.2) is 16.9 Å². The molecule has 5 heteroatoms. The topological polar surface area (TPSA) is 58.2 Å². The van der Waals surface area contributed by atoms with Gasteiger partial charge in [-0.05, 0) is 12.5 Å². The summed E-state index contributed by atoms with van der Waals surface area (Å²) in [6, 6.07) is 16.0. The van der Waals surface area contributed by atoms with Gasteiger partial charge in [0.25, 0.3) is 0 Å². The van der Waals surface area contributed by atoms with Gasteiger partial charge < -0.3 is 0 Å². The summed E-state index contributed by atoms with van der Waals surface area (Å²) in [4.78, 5) is 23.8. The molecule has 0 aliphatic rings. The fraction of sp³-hybridized carbons (Fsp3) is 0.118. The van der Waals surface area contributed by atoms with Crippen molar-refractivity contribution in [2.75, 3.05) is 0 Å². The van der Waals surface area contributed by atoms with Crippen molar-refractivity contribution >= 4 is 29.1 Å². The molecule has 0 aliphatic heterocycles. The molecule has 0 spiro atoms. The van der Waals surface area contributed by atoms with E-state index in [2.05, 4.69) is 10.6 Å². The molecule has 0 bridgehead atoms. The molecule has 112 valence electrons. The maximum absolute atomic E-state index is 11.8.